The van der Waals surface area contributed by atoms with Crippen LogP contribution in [0.1, 0.15) is 58.8 Å². The number of piperazine rings is 1. The molecule has 2 aromatic carbocycles. The van der Waals surface area contributed by atoms with Crippen LogP contribution in [0.4, 0.5) is 36.8 Å². The summed E-state index contributed by atoms with van der Waals surface area (Å²) in [5, 5.41) is 6.71. The number of fused-ring (bicyclic) bond motifs is 1. The fourth-order valence-corrected chi connectivity index (χ4v) is 8.17. The second-order valence-corrected chi connectivity index (χ2v) is 24.9. The molecule has 0 radical (unpaired) electrons. The van der Waals surface area contributed by atoms with Crippen molar-refractivity contribution in [2.45, 2.75) is 82.5 Å². The number of alkyl halides is 2. The van der Waals surface area contributed by atoms with E-state index in [-0.39, 0.29) is 80.2 Å². The topological polar surface area (TPSA) is 189 Å². The molecule has 2 aliphatic heterocycles. The standard InChI is InChI=1S/C42H55ClF2N8O9SSi/c1-40(2,3)62-39(54)53-20-18-52(19-21-53)37-49-36(50-38(51-37)58-24-22-57-23-25-59-64(8,9)41(4,5)6)48-31-26-27(63(7,55)56)15-16-30(31)47-33(34-29(43)13-11-17-46-34)28-12-10-14-32-35(28)61-42(44,45)60-32/h10-17,26,33,47H,18-25H2,1-9H3,(H,48,49,50,51)/t33-/m0/s1. The van der Waals surface area contributed by atoms with Crippen molar-refractivity contribution in [3.05, 3.63) is 71.0 Å². The summed E-state index contributed by atoms with van der Waals surface area (Å²) in [4.78, 5) is 34.6. The van der Waals surface area contributed by atoms with Crippen LogP contribution in [0.3, 0.4) is 0 Å². The number of sulfone groups is 1. The smallest absolute Gasteiger partial charge is 0.461 e. The Kier molecular flexibility index (Phi) is 14.5. The van der Waals surface area contributed by atoms with E-state index in [1.165, 1.54) is 36.5 Å². The summed E-state index contributed by atoms with van der Waals surface area (Å²) >= 11 is 6.67. The number of halogens is 3. The van der Waals surface area contributed by atoms with Crippen LogP contribution in [0.15, 0.2) is 59.6 Å². The Labute approximate surface area is 378 Å². The number of nitrogens with zero attached hydrogens (tertiary/aromatic N) is 6. The van der Waals surface area contributed by atoms with Gasteiger partial charge in [0, 0.05) is 44.2 Å². The number of carbonyl (C=O) groups is 1. The van der Waals surface area contributed by atoms with E-state index in [4.69, 9.17) is 44.7 Å². The minimum atomic E-state index is -3.93. The molecule has 0 saturated carbocycles. The van der Waals surface area contributed by atoms with Gasteiger partial charge in [-0.1, -0.05) is 44.5 Å². The highest BCUT2D eigenvalue weighted by atomic mass is 35.5. The van der Waals surface area contributed by atoms with Crippen LogP contribution in [0.25, 0.3) is 0 Å². The first-order valence-corrected chi connectivity index (χ1v) is 25.8. The summed E-state index contributed by atoms with van der Waals surface area (Å²) in [6, 6.07) is 10.8. The number of pyridine rings is 1. The van der Waals surface area contributed by atoms with Gasteiger partial charge >= 0.3 is 18.4 Å². The van der Waals surface area contributed by atoms with E-state index in [2.05, 4.69) is 59.5 Å². The summed E-state index contributed by atoms with van der Waals surface area (Å²) < 4.78 is 88.0. The lowest BCUT2D eigenvalue weighted by Crippen LogP contribution is -2.50. The van der Waals surface area contributed by atoms with Gasteiger partial charge < -0.3 is 48.5 Å². The average Bonchev–Trinajstić information content (AvgIpc) is 3.53. The first kappa shape index (κ1) is 48.4. The minimum absolute atomic E-state index is 0.0311. The van der Waals surface area contributed by atoms with Crippen molar-refractivity contribution in [2.24, 2.45) is 0 Å². The fraction of sp³-hybridized carbons (Fsp3) is 0.500. The van der Waals surface area contributed by atoms with Gasteiger partial charge in [-0.25, -0.2) is 13.2 Å². The van der Waals surface area contributed by atoms with Gasteiger partial charge in [0.25, 0.3) is 0 Å². The molecular weight excluding hydrogens is 894 g/mol. The number of para-hydroxylation sites is 1. The Morgan fingerprint density at radius 2 is 1.66 bits per heavy atom. The molecule has 1 amide bonds. The second-order valence-electron chi connectivity index (χ2n) is 17.7. The molecule has 6 rings (SSSR count). The summed E-state index contributed by atoms with van der Waals surface area (Å²) in [6.07, 6.45) is -1.81. The van der Waals surface area contributed by atoms with E-state index in [9.17, 15) is 22.0 Å². The minimum Gasteiger partial charge on any atom is -0.461 e. The zero-order valence-electron chi connectivity index (χ0n) is 37.3. The molecule has 0 aliphatic carbocycles. The number of ether oxygens (including phenoxy) is 5. The SMILES string of the molecule is CC(C)(C)OC(=O)N1CCN(c2nc(Nc3cc(S(C)(=O)=O)ccc3N[C@@H](c3cccc4c3OC(F)(F)O4)c3ncccc3Cl)nc(OCCOCCO[Si](C)(C)C(C)(C)C)n2)CC1. The van der Waals surface area contributed by atoms with E-state index >= 15 is 0 Å². The molecular formula is C42H55ClF2N8O9SSi. The number of rotatable bonds is 16. The maximum atomic E-state index is 14.4. The van der Waals surface area contributed by atoms with Crippen LogP contribution in [-0.2, 0) is 23.7 Å². The van der Waals surface area contributed by atoms with Crippen molar-refractivity contribution in [1.29, 1.82) is 0 Å². The van der Waals surface area contributed by atoms with Crippen LogP contribution >= 0.6 is 11.6 Å². The van der Waals surface area contributed by atoms with Crippen molar-refractivity contribution in [1.82, 2.24) is 24.8 Å². The Bertz CT molecular complexity index is 2420. The summed E-state index contributed by atoms with van der Waals surface area (Å²) in [5.74, 6) is -0.257. The lowest BCUT2D eigenvalue weighted by molar-refractivity contribution is -0.287. The van der Waals surface area contributed by atoms with Crippen molar-refractivity contribution < 1.29 is 50.1 Å². The molecule has 4 heterocycles. The molecule has 4 aromatic rings. The lowest BCUT2D eigenvalue weighted by Gasteiger charge is -2.36. The molecule has 1 fully saturated rings. The van der Waals surface area contributed by atoms with Crippen molar-refractivity contribution in [3.63, 3.8) is 0 Å². The first-order valence-electron chi connectivity index (χ1n) is 20.6. The third-order valence-electron chi connectivity index (χ3n) is 10.6. The lowest BCUT2D eigenvalue weighted by atomic mass is 10.0. The van der Waals surface area contributed by atoms with E-state index in [1.807, 2.05) is 4.90 Å². The van der Waals surface area contributed by atoms with Crippen molar-refractivity contribution in [3.8, 4) is 17.5 Å². The van der Waals surface area contributed by atoms with Gasteiger partial charge in [0.1, 0.15) is 12.2 Å². The van der Waals surface area contributed by atoms with Crippen molar-refractivity contribution in [2.75, 3.05) is 74.4 Å². The molecule has 348 valence electrons. The monoisotopic (exact) mass is 948 g/mol. The van der Waals surface area contributed by atoms with Gasteiger partial charge in [-0.15, -0.1) is 8.78 Å². The van der Waals surface area contributed by atoms with Gasteiger partial charge in [-0.3, -0.25) is 4.98 Å². The first-order chi connectivity index (χ1) is 29.9. The third kappa shape index (κ3) is 12.4. The molecule has 0 bridgehead atoms. The number of hydrogen-bond donors (Lipinski definition) is 2. The number of carbonyl (C=O) groups excluding carboxylic acids is 1. The van der Waals surface area contributed by atoms with Gasteiger partial charge in [0.05, 0.1) is 52.8 Å². The normalized spacial score (nSPS) is 15.8. The third-order valence-corrected chi connectivity index (χ3v) is 16.5. The number of benzene rings is 2. The fourth-order valence-electron chi connectivity index (χ4n) is 6.27. The quantitative estimate of drug-likeness (QED) is 0.0810. The van der Waals surface area contributed by atoms with Gasteiger partial charge in [-0.05, 0) is 75.3 Å². The Morgan fingerprint density at radius 3 is 2.33 bits per heavy atom. The largest absolute Gasteiger partial charge is 0.586 e. The molecule has 1 atom stereocenters. The predicted octanol–water partition coefficient (Wildman–Crippen LogP) is 8.06. The zero-order chi connectivity index (χ0) is 46.7. The molecule has 17 nitrogen and oxygen atoms in total. The average molecular weight is 950 g/mol. The summed E-state index contributed by atoms with van der Waals surface area (Å²) in [5.41, 5.74) is 0.211. The molecule has 1 saturated heterocycles. The molecule has 2 N–H and O–H groups in total. The van der Waals surface area contributed by atoms with Crippen molar-refractivity contribution >= 4 is 59.1 Å². The van der Waals surface area contributed by atoms with E-state index < -0.39 is 42.2 Å². The zero-order valence-corrected chi connectivity index (χ0v) is 39.9. The van der Waals surface area contributed by atoms with Crippen LogP contribution in [0.2, 0.25) is 23.2 Å². The molecule has 0 unspecified atom stereocenters. The van der Waals surface area contributed by atoms with Gasteiger partial charge in [0.2, 0.25) is 11.9 Å². The van der Waals surface area contributed by atoms with Crippen LogP contribution in [0.5, 0.6) is 17.5 Å². The van der Waals surface area contributed by atoms with Crippen LogP contribution < -0.4 is 29.7 Å². The van der Waals surface area contributed by atoms with Gasteiger partial charge in [-0.2, -0.15) is 15.0 Å². The Hall–Kier alpha value is -5.09. The van der Waals surface area contributed by atoms with E-state index in [0.717, 1.165) is 6.26 Å². The molecule has 2 aliphatic rings. The molecule has 22 heteroatoms. The number of anilines is 4. The highest BCUT2D eigenvalue weighted by Gasteiger charge is 2.45. The second kappa shape index (κ2) is 19.2. The summed E-state index contributed by atoms with van der Waals surface area (Å²) in [7, 11) is -5.71. The highest BCUT2D eigenvalue weighted by Crippen LogP contribution is 2.48. The number of amides is 1. The maximum absolute atomic E-state index is 14.4. The number of hydrogen-bond acceptors (Lipinski definition) is 16. The number of aromatic nitrogens is 4. The van der Waals surface area contributed by atoms with Gasteiger partial charge in [0.15, 0.2) is 29.7 Å². The highest BCUT2D eigenvalue weighted by molar-refractivity contribution is 7.90. The maximum Gasteiger partial charge on any atom is 0.586 e. The molecule has 0 spiro atoms. The van der Waals surface area contributed by atoms with E-state index in [0.29, 0.717) is 39.4 Å². The van der Waals surface area contributed by atoms with Crippen LogP contribution in [-0.4, -0.2) is 118 Å². The van der Waals surface area contributed by atoms with E-state index in [1.54, 1.807) is 43.9 Å². The number of nitrogens with one attached hydrogen (secondary N) is 2. The Balaban J connectivity index is 1.31. The summed E-state index contributed by atoms with van der Waals surface area (Å²) in [6.45, 7) is 18.6. The Morgan fingerprint density at radius 1 is 0.938 bits per heavy atom. The predicted molar refractivity (Wildman–Crippen MR) is 240 cm³/mol. The molecule has 2 aromatic heterocycles. The molecule has 64 heavy (non-hydrogen) atoms. The van der Waals surface area contributed by atoms with Crippen LogP contribution in [0, 0.1) is 0 Å².